The molecule has 1 aliphatic carbocycles. The quantitative estimate of drug-likeness (QED) is 0.539. The summed E-state index contributed by atoms with van der Waals surface area (Å²) < 4.78 is 0. The van der Waals surface area contributed by atoms with Gasteiger partial charge in [-0.25, -0.2) is 0 Å². The van der Waals surface area contributed by atoms with Crippen LogP contribution in [0.3, 0.4) is 0 Å². The Bertz CT molecular complexity index is 122. The van der Waals surface area contributed by atoms with Gasteiger partial charge in [0.1, 0.15) is 0 Å². The smallest absolute Gasteiger partial charge is 0.0121 e. The van der Waals surface area contributed by atoms with Crippen molar-refractivity contribution in [2.45, 2.75) is 38.6 Å². The van der Waals surface area contributed by atoms with E-state index in [1.54, 1.807) is 0 Å². The van der Waals surface area contributed by atoms with Crippen molar-refractivity contribution in [1.82, 2.24) is 5.32 Å². The fraction of sp³-hybridized carbons (Fsp3) is 1.00. The average molecular weight is 139 g/mol. The SMILES string of the molecule is C[C@@H]1CCC[C@@H]2CCN[C@@H]21. The lowest BCUT2D eigenvalue weighted by Crippen LogP contribution is -2.36. The van der Waals surface area contributed by atoms with Crippen LogP contribution in [0.15, 0.2) is 0 Å². The molecular weight excluding hydrogens is 122 g/mol. The highest BCUT2D eigenvalue weighted by Gasteiger charge is 2.33. The van der Waals surface area contributed by atoms with Crippen LogP contribution in [0.25, 0.3) is 0 Å². The second kappa shape index (κ2) is 2.54. The molecule has 10 heavy (non-hydrogen) atoms. The minimum absolute atomic E-state index is 0.883. The van der Waals surface area contributed by atoms with Crippen molar-refractivity contribution >= 4 is 0 Å². The average Bonchev–Trinajstić information content (AvgIpc) is 2.36. The predicted molar refractivity (Wildman–Crippen MR) is 42.9 cm³/mol. The van der Waals surface area contributed by atoms with E-state index in [1.807, 2.05) is 0 Å². The van der Waals surface area contributed by atoms with E-state index < -0.39 is 0 Å². The van der Waals surface area contributed by atoms with Gasteiger partial charge in [-0.3, -0.25) is 0 Å². The van der Waals surface area contributed by atoms with Crippen LogP contribution in [-0.4, -0.2) is 12.6 Å². The lowest BCUT2D eigenvalue weighted by Gasteiger charge is -2.30. The van der Waals surface area contributed by atoms with Gasteiger partial charge in [-0.1, -0.05) is 13.3 Å². The molecule has 2 aliphatic rings. The first kappa shape index (κ1) is 6.66. The summed E-state index contributed by atoms with van der Waals surface area (Å²) in [4.78, 5) is 0. The van der Waals surface area contributed by atoms with Gasteiger partial charge in [-0.05, 0) is 37.6 Å². The van der Waals surface area contributed by atoms with E-state index in [4.69, 9.17) is 0 Å². The van der Waals surface area contributed by atoms with Gasteiger partial charge in [0.2, 0.25) is 0 Å². The highest BCUT2D eigenvalue weighted by atomic mass is 15.0. The zero-order valence-corrected chi connectivity index (χ0v) is 6.77. The van der Waals surface area contributed by atoms with E-state index >= 15 is 0 Å². The topological polar surface area (TPSA) is 12.0 Å². The molecule has 1 heterocycles. The van der Waals surface area contributed by atoms with Crippen molar-refractivity contribution in [3.05, 3.63) is 0 Å². The Labute approximate surface area is 63.2 Å². The van der Waals surface area contributed by atoms with Crippen LogP contribution in [0, 0.1) is 11.8 Å². The Morgan fingerprint density at radius 1 is 1.20 bits per heavy atom. The normalized spacial score (nSPS) is 47.1. The molecule has 0 amide bonds. The fourth-order valence-corrected chi connectivity index (χ4v) is 2.65. The largest absolute Gasteiger partial charge is 0.313 e. The number of hydrogen-bond donors (Lipinski definition) is 1. The Morgan fingerprint density at radius 2 is 2.10 bits per heavy atom. The number of rotatable bonds is 0. The van der Waals surface area contributed by atoms with Crippen LogP contribution in [0.2, 0.25) is 0 Å². The molecule has 1 nitrogen and oxygen atoms in total. The van der Waals surface area contributed by atoms with Gasteiger partial charge in [-0.2, -0.15) is 0 Å². The fourth-order valence-electron chi connectivity index (χ4n) is 2.65. The summed E-state index contributed by atoms with van der Waals surface area (Å²) in [6.07, 6.45) is 5.86. The molecule has 2 rings (SSSR count). The maximum atomic E-state index is 3.61. The van der Waals surface area contributed by atoms with Crippen LogP contribution in [0.5, 0.6) is 0 Å². The van der Waals surface area contributed by atoms with Crippen molar-refractivity contribution in [3.8, 4) is 0 Å². The van der Waals surface area contributed by atoms with E-state index in [0.29, 0.717) is 0 Å². The van der Waals surface area contributed by atoms with Crippen LogP contribution in [0.4, 0.5) is 0 Å². The minimum atomic E-state index is 0.883. The third kappa shape index (κ3) is 0.968. The highest BCUT2D eigenvalue weighted by Crippen LogP contribution is 2.33. The third-order valence-electron chi connectivity index (χ3n) is 3.25. The maximum Gasteiger partial charge on any atom is 0.0121 e. The van der Waals surface area contributed by atoms with Gasteiger partial charge in [0.15, 0.2) is 0 Å². The molecule has 0 unspecified atom stereocenters. The summed E-state index contributed by atoms with van der Waals surface area (Å²) in [7, 11) is 0. The van der Waals surface area contributed by atoms with E-state index in [9.17, 15) is 0 Å². The predicted octanol–water partition coefficient (Wildman–Crippen LogP) is 1.78. The van der Waals surface area contributed by atoms with Crippen LogP contribution < -0.4 is 5.32 Å². The number of fused-ring (bicyclic) bond motifs is 1. The zero-order chi connectivity index (χ0) is 6.97. The van der Waals surface area contributed by atoms with E-state index in [1.165, 1.54) is 32.2 Å². The highest BCUT2D eigenvalue weighted by molar-refractivity contribution is 4.90. The van der Waals surface area contributed by atoms with Crippen molar-refractivity contribution in [2.24, 2.45) is 11.8 Å². The monoisotopic (exact) mass is 139 g/mol. The van der Waals surface area contributed by atoms with E-state index in [2.05, 4.69) is 12.2 Å². The Morgan fingerprint density at radius 3 is 2.90 bits per heavy atom. The van der Waals surface area contributed by atoms with Gasteiger partial charge in [0.05, 0.1) is 0 Å². The number of nitrogens with one attached hydrogen (secondary N) is 1. The Kier molecular flexibility index (Phi) is 1.69. The first-order valence-corrected chi connectivity index (χ1v) is 4.61. The first-order valence-electron chi connectivity index (χ1n) is 4.61. The lowest BCUT2D eigenvalue weighted by molar-refractivity contribution is 0.245. The summed E-state index contributed by atoms with van der Waals surface area (Å²) in [6, 6.07) is 0.883. The van der Waals surface area contributed by atoms with Crippen LogP contribution in [0.1, 0.15) is 32.6 Å². The Hall–Kier alpha value is -0.0400. The molecule has 0 spiro atoms. The van der Waals surface area contributed by atoms with Crippen LogP contribution >= 0.6 is 0 Å². The molecule has 1 saturated carbocycles. The van der Waals surface area contributed by atoms with Gasteiger partial charge >= 0.3 is 0 Å². The summed E-state index contributed by atoms with van der Waals surface area (Å²) in [5, 5.41) is 3.61. The lowest BCUT2D eigenvalue weighted by atomic mass is 9.79. The summed E-state index contributed by atoms with van der Waals surface area (Å²) in [6.45, 7) is 3.68. The molecule has 1 heteroatoms. The van der Waals surface area contributed by atoms with Gasteiger partial charge < -0.3 is 5.32 Å². The third-order valence-corrected chi connectivity index (χ3v) is 3.25. The molecular formula is C9H17N. The molecule has 1 saturated heterocycles. The molecule has 0 aromatic rings. The summed E-state index contributed by atoms with van der Waals surface area (Å²) in [5.74, 6) is 1.98. The van der Waals surface area contributed by atoms with E-state index in [-0.39, 0.29) is 0 Å². The molecule has 3 atom stereocenters. The maximum absolute atomic E-state index is 3.61. The molecule has 0 aromatic heterocycles. The molecule has 2 fully saturated rings. The van der Waals surface area contributed by atoms with Gasteiger partial charge in [0.25, 0.3) is 0 Å². The van der Waals surface area contributed by atoms with E-state index in [0.717, 1.165) is 17.9 Å². The van der Waals surface area contributed by atoms with Crippen molar-refractivity contribution in [2.75, 3.05) is 6.54 Å². The van der Waals surface area contributed by atoms with Gasteiger partial charge in [-0.15, -0.1) is 0 Å². The molecule has 1 aliphatic heterocycles. The zero-order valence-electron chi connectivity index (χ0n) is 6.77. The summed E-state index contributed by atoms with van der Waals surface area (Å²) >= 11 is 0. The standard InChI is InChI=1S/C9H17N/c1-7-3-2-4-8-5-6-10-9(7)8/h7-10H,2-6H2,1H3/t7-,8-,9-/m1/s1. The molecule has 0 aromatic carbocycles. The summed E-state index contributed by atoms with van der Waals surface area (Å²) in [5.41, 5.74) is 0. The molecule has 1 N–H and O–H groups in total. The van der Waals surface area contributed by atoms with Gasteiger partial charge in [0, 0.05) is 6.04 Å². The van der Waals surface area contributed by atoms with Crippen LogP contribution in [-0.2, 0) is 0 Å². The van der Waals surface area contributed by atoms with Crippen molar-refractivity contribution in [1.29, 1.82) is 0 Å². The second-order valence-corrected chi connectivity index (χ2v) is 3.94. The van der Waals surface area contributed by atoms with Crippen molar-refractivity contribution in [3.63, 3.8) is 0 Å². The molecule has 0 bridgehead atoms. The Balaban J connectivity index is 2.03. The molecule has 0 radical (unpaired) electrons. The minimum Gasteiger partial charge on any atom is -0.313 e. The molecule has 58 valence electrons. The first-order chi connectivity index (χ1) is 4.88. The number of hydrogen-bond acceptors (Lipinski definition) is 1. The second-order valence-electron chi connectivity index (χ2n) is 3.94. The van der Waals surface area contributed by atoms with Crippen molar-refractivity contribution < 1.29 is 0 Å².